The van der Waals surface area contributed by atoms with E-state index >= 15 is 0 Å². The smallest absolute Gasteiger partial charge is 0.293 e. The lowest BCUT2D eigenvalue weighted by Crippen LogP contribution is -2.37. The lowest BCUT2D eigenvalue weighted by atomic mass is 9.95. The number of amides is 3. The van der Waals surface area contributed by atoms with Crippen molar-refractivity contribution < 1.29 is 18.8 Å². The van der Waals surface area contributed by atoms with Gasteiger partial charge in [-0.3, -0.25) is 24.3 Å². The maximum absolute atomic E-state index is 12.6. The molecular weight excluding hydrogens is 438 g/mol. The number of pyridine rings is 1. The molecule has 1 fully saturated rings. The largest absolute Gasteiger partial charge is 0.464 e. The van der Waals surface area contributed by atoms with E-state index in [-0.39, 0.29) is 36.6 Å². The highest BCUT2D eigenvalue weighted by atomic mass is 32.2. The Morgan fingerprint density at radius 1 is 1.30 bits per heavy atom. The van der Waals surface area contributed by atoms with E-state index in [1.54, 1.807) is 30.8 Å². The van der Waals surface area contributed by atoms with Crippen molar-refractivity contribution in [2.24, 2.45) is 0 Å². The first-order valence-corrected chi connectivity index (χ1v) is 11.6. The van der Waals surface area contributed by atoms with Crippen molar-refractivity contribution >= 4 is 45.9 Å². The molecule has 0 bridgehead atoms. The molecule has 1 aliphatic rings. The Balaban J connectivity index is 1.35. The van der Waals surface area contributed by atoms with Gasteiger partial charge in [-0.25, -0.2) is 0 Å². The van der Waals surface area contributed by atoms with E-state index in [0.717, 1.165) is 44.3 Å². The number of aromatic nitrogens is 1. The van der Waals surface area contributed by atoms with Crippen LogP contribution in [-0.2, 0) is 16.0 Å². The van der Waals surface area contributed by atoms with Crippen molar-refractivity contribution in [1.82, 2.24) is 15.2 Å². The number of thioether (sulfide) groups is 1. The zero-order chi connectivity index (χ0) is 23.5. The van der Waals surface area contributed by atoms with Crippen LogP contribution in [0, 0.1) is 6.92 Å². The van der Waals surface area contributed by atoms with E-state index in [1.165, 1.54) is 5.56 Å². The number of rotatable bonds is 7. The molecule has 8 heteroatoms. The Morgan fingerprint density at radius 3 is 2.85 bits per heavy atom. The number of carbonyl (C=O) groups excluding carboxylic acids is 3. The van der Waals surface area contributed by atoms with Crippen molar-refractivity contribution in [2.45, 2.75) is 33.1 Å². The third kappa shape index (κ3) is 5.01. The summed E-state index contributed by atoms with van der Waals surface area (Å²) < 4.78 is 5.65. The van der Waals surface area contributed by atoms with Gasteiger partial charge in [0.05, 0.1) is 17.6 Å². The fourth-order valence-electron chi connectivity index (χ4n) is 3.85. The number of nitrogens with zero attached hydrogens (tertiary/aromatic N) is 2. The van der Waals surface area contributed by atoms with Gasteiger partial charge in [-0.15, -0.1) is 0 Å². The van der Waals surface area contributed by atoms with Gasteiger partial charge in [0.2, 0.25) is 5.91 Å². The van der Waals surface area contributed by atoms with Crippen LogP contribution in [0.3, 0.4) is 0 Å². The van der Waals surface area contributed by atoms with Crippen LogP contribution >= 0.6 is 11.8 Å². The first-order chi connectivity index (χ1) is 15.8. The molecule has 0 atom stereocenters. The first kappa shape index (κ1) is 22.8. The van der Waals surface area contributed by atoms with Crippen molar-refractivity contribution in [2.75, 3.05) is 13.1 Å². The van der Waals surface area contributed by atoms with Gasteiger partial charge >= 0.3 is 0 Å². The van der Waals surface area contributed by atoms with Gasteiger partial charge in [0.1, 0.15) is 5.58 Å². The van der Waals surface area contributed by atoms with E-state index < -0.39 is 0 Å². The highest BCUT2D eigenvalue weighted by Crippen LogP contribution is 2.32. The molecule has 4 rings (SSSR count). The fraction of sp³-hybridized carbons (Fsp3) is 0.280. The Hall–Kier alpha value is -3.39. The molecule has 3 amide bonds. The lowest BCUT2D eigenvalue weighted by molar-refractivity contribution is -0.124. The zero-order valence-electron chi connectivity index (χ0n) is 18.8. The molecule has 0 radical (unpaired) electrons. The molecule has 170 valence electrons. The zero-order valence-corrected chi connectivity index (χ0v) is 19.6. The minimum atomic E-state index is -0.361. The van der Waals surface area contributed by atoms with Gasteiger partial charge in [0.15, 0.2) is 0 Å². The SMILES string of the molecule is Cc1cc2occ(CC(=O)NCCN3C(=O)S/C(=C\c4cccnc4)C3=O)c2cc1C(C)C. The Labute approximate surface area is 196 Å². The predicted molar refractivity (Wildman–Crippen MR) is 129 cm³/mol. The number of benzene rings is 1. The predicted octanol–water partition coefficient (Wildman–Crippen LogP) is 4.65. The van der Waals surface area contributed by atoms with E-state index in [2.05, 4.69) is 37.1 Å². The second-order valence-corrected chi connectivity index (χ2v) is 9.26. The second-order valence-electron chi connectivity index (χ2n) is 8.27. The van der Waals surface area contributed by atoms with Gasteiger partial charge in [0.25, 0.3) is 11.1 Å². The van der Waals surface area contributed by atoms with Gasteiger partial charge in [-0.1, -0.05) is 19.9 Å². The summed E-state index contributed by atoms with van der Waals surface area (Å²) in [6, 6.07) is 7.67. The Bertz CT molecular complexity index is 1250. The summed E-state index contributed by atoms with van der Waals surface area (Å²) in [5, 5.41) is 3.39. The maximum Gasteiger partial charge on any atom is 0.293 e. The number of aryl methyl sites for hydroxylation is 1. The summed E-state index contributed by atoms with van der Waals surface area (Å²) in [5.41, 5.74) is 4.72. The summed E-state index contributed by atoms with van der Waals surface area (Å²) in [6.07, 6.45) is 6.69. The van der Waals surface area contributed by atoms with Crippen LogP contribution in [0.4, 0.5) is 4.79 Å². The minimum absolute atomic E-state index is 0.115. The molecule has 7 nitrogen and oxygen atoms in total. The summed E-state index contributed by atoms with van der Waals surface area (Å²) in [7, 11) is 0. The Kier molecular flexibility index (Phi) is 6.65. The molecule has 0 aliphatic carbocycles. The van der Waals surface area contributed by atoms with Crippen LogP contribution in [0.25, 0.3) is 17.0 Å². The van der Waals surface area contributed by atoms with Gasteiger partial charge < -0.3 is 9.73 Å². The molecule has 1 aromatic carbocycles. The van der Waals surface area contributed by atoms with E-state index in [0.29, 0.717) is 10.8 Å². The molecular formula is C25H25N3O4S. The van der Waals surface area contributed by atoms with E-state index in [4.69, 9.17) is 4.42 Å². The number of carbonyl (C=O) groups is 3. The summed E-state index contributed by atoms with van der Waals surface area (Å²) in [4.78, 5) is 42.9. The molecule has 1 saturated heterocycles. The molecule has 2 aromatic heterocycles. The molecule has 1 N–H and O–H groups in total. The normalized spacial score (nSPS) is 15.3. The van der Waals surface area contributed by atoms with Crippen LogP contribution in [0.2, 0.25) is 0 Å². The average Bonchev–Trinajstić information content (AvgIpc) is 3.28. The van der Waals surface area contributed by atoms with Crippen LogP contribution in [0.1, 0.15) is 42.0 Å². The second kappa shape index (κ2) is 9.62. The van der Waals surface area contributed by atoms with Gasteiger partial charge in [0, 0.05) is 36.4 Å². The van der Waals surface area contributed by atoms with E-state index in [9.17, 15) is 14.4 Å². The third-order valence-electron chi connectivity index (χ3n) is 5.53. The number of furan rings is 1. The third-order valence-corrected chi connectivity index (χ3v) is 6.44. The van der Waals surface area contributed by atoms with Crippen LogP contribution in [-0.4, -0.2) is 40.0 Å². The van der Waals surface area contributed by atoms with E-state index in [1.807, 2.05) is 12.1 Å². The lowest BCUT2D eigenvalue weighted by Gasteiger charge is -2.13. The fourth-order valence-corrected chi connectivity index (χ4v) is 4.72. The van der Waals surface area contributed by atoms with Gasteiger partial charge in [-0.05, 0) is 65.6 Å². The van der Waals surface area contributed by atoms with Crippen LogP contribution in [0.5, 0.6) is 0 Å². The number of fused-ring (bicyclic) bond motifs is 1. The summed E-state index contributed by atoms with van der Waals surface area (Å²) in [5.74, 6) is -0.181. The van der Waals surface area contributed by atoms with Gasteiger partial charge in [-0.2, -0.15) is 0 Å². The maximum atomic E-state index is 12.6. The van der Waals surface area contributed by atoms with Crippen molar-refractivity contribution in [1.29, 1.82) is 0 Å². The quantitative estimate of drug-likeness (QED) is 0.513. The van der Waals surface area contributed by atoms with Crippen LogP contribution < -0.4 is 5.32 Å². The average molecular weight is 464 g/mol. The molecule has 33 heavy (non-hydrogen) atoms. The highest BCUT2D eigenvalue weighted by molar-refractivity contribution is 8.18. The Morgan fingerprint density at radius 2 is 2.12 bits per heavy atom. The van der Waals surface area contributed by atoms with Crippen molar-refractivity contribution in [3.8, 4) is 0 Å². The number of nitrogens with one attached hydrogen (secondary N) is 1. The number of imide groups is 1. The minimum Gasteiger partial charge on any atom is -0.464 e. The number of hydrogen-bond acceptors (Lipinski definition) is 6. The summed E-state index contributed by atoms with van der Waals surface area (Å²) >= 11 is 0.891. The van der Waals surface area contributed by atoms with Crippen molar-refractivity contribution in [3.05, 3.63) is 70.1 Å². The standard InChI is InChI=1S/C25H25N3O4S/c1-15(2)19-12-20-18(14-32-21(20)9-16(19)3)11-23(29)27-7-8-28-24(30)22(33-25(28)31)10-17-5-4-6-26-13-17/h4-6,9-10,12-15H,7-8,11H2,1-3H3,(H,27,29)/b22-10-. The monoisotopic (exact) mass is 463 g/mol. The molecule has 3 heterocycles. The van der Waals surface area contributed by atoms with Crippen LogP contribution in [0.15, 0.2) is 52.2 Å². The molecule has 0 saturated carbocycles. The topological polar surface area (TPSA) is 92.5 Å². The van der Waals surface area contributed by atoms with Crippen molar-refractivity contribution in [3.63, 3.8) is 0 Å². The highest BCUT2D eigenvalue weighted by Gasteiger charge is 2.34. The molecule has 0 spiro atoms. The molecule has 3 aromatic rings. The summed E-state index contributed by atoms with van der Waals surface area (Å²) in [6.45, 7) is 6.63. The molecule has 1 aliphatic heterocycles. The molecule has 0 unspecified atom stereocenters. The first-order valence-electron chi connectivity index (χ1n) is 10.8. The number of hydrogen-bond donors (Lipinski definition) is 1.